The first kappa shape index (κ1) is 12.5. The van der Waals surface area contributed by atoms with Crippen molar-refractivity contribution in [1.82, 2.24) is 0 Å². The first-order valence-corrected chi connectivity index (χ1v) is 5.23. The molecule has 0 spiro atoms. The van der Waals surface area contributed by atoms with Crippen LogP contribution in [0.15, 0.2) is 42.5 Å². The van der Waals surface area contributed by atoms with E-state index in [1.54, 1.807) is 30.3 Å². The molecule has 0 amide bonds. The largest absolute Gasteiger partial charge is 0.458 e. The molecular weight excluding hydrogens is 204 g/mol. The van der Waals surface area contributed by atoms with Crippen molar-refractivity contribution in [2.75, 3.05) is 13.2 Å². The van der Waals surface area contributed by atoms with Crippen LogP contribution in [0, 0.1) is 5.92 Å². The summed E-state index contributed by atoms with van der Waals surface area (Å²) in [6.45, 7) is 2.22. The molecule has 0 saturated carbocycles. The topological polar surface area (TPSA) is 46.5 Å². The number of benzene rings is 1. The van der Waals surface area contributed by atoms with Crippen molar-refractivity contribution >= 4 is 5.97 Å². The molecule has 0 aliphatic carbocycles. The number of hydrogen-bond acceptors (Lipinski definition) is 3. The van der Waals surface area contributed by atoms with Crippen LogP contribution in [0.3, 0.4) is 0 Å². The Morgan fingerprint density at radius 1 is 1.44 bits per heavy atom. The molecule has 0 aliphatic rings. The van der Waals surface area contributed by atoms with Gasteiger partial charge in [0.2, 0.25) is 0 Å². The van der Waals surface area contributed by atoms with Crippen molar-refractivity contribution in [2.24, 2.45) is 5.92 Å². The van der Waals surface area contributed by atoms with Crippen LogP contribution in [-0.2, 0) is 4.74 Å². The van der Waals surface area contributed by atoms with Gasteiger partial charge in [-0.3, -0.25) is 0 Å². The van der Waals surface area contributed by atoms with Crippen molar-refractivity contribution < 1.29 is 14.6 Å². The summed E-state index contributed by atoms with van der Waals surface area (Å²) in [4.78, 5) is 11.5. The van der Waals surface area contributed by atoms with Gasteiger partial charge in [-0.25, -0.2) is 4.79 Å². The highest BCUT2D eigenvalue weighted by Crippen LogP contribution is 2.01. The molecule has 0 heterocycles. The van der Waals surface area contributed by atoms with Gasteiger partial charge < -0.3 is 9.84 Å². The third kappa shape index (κ3) is 4.28. The number of carbonyl (C=O) groups excluding carboxylic acids is 1. The maximum atomic E-state index is 11.5. The monoisotopic (exact) mass is 220 g/mol. The van der Waals surface area contributed by atoms with Gasteiger partial charge in [-0.15, -0.1) is 0 Å². The highest BCUT2D eigenvalue weighted by molar-refractivity contribution is 5.89. The third-order valence-electron chi connectivity index (χ3n) is 2.07. The molecule has 1 aromatic rings. The van der Waals surface area contributed by atoms with Gasteiger partial charge >= 0.3 is 5.97 Å². The SMILES string of the molecule is CC(/C=C/COC(=O)c1ccccc1)CO. The second-order valence-electron chi connectivity index (χ2n) is 3.55. The van der Waals surface area contributed by atoms with Gasteiger partial charge in [0, 0.05) is 6.61 Å². The van der Waals surface area contributed by atoms with Crippen molar-refractivity contribution in [2.45, 2.75) is 6.92 Å². The standard InChI is InChI=1S/C13H16O3/c1-11(10-14)6-5-9-16-13(15)12-7-3-2-4-8-12/h2-8,11,14H,9-10H2,1H3/b6-5+. The lowest BCUT2D eigenvalue weighted by molar-refractivity contribution is 0.0549. The lowest BCUT2D eigenvalue weighted by atomic mass is 10.2. The van der Waals surface area contributed by atoms with Crippen LogP contribution < -0.4 is 0 Å². The molecule has 0 radical (unpaired) electrons. The molecule has 3 heteroatoms. The van der Waals surface area contributed by atoms with Crippen LogP contribution in [0.4, 0.5) is 0 Å². The first-order chi connectivity index (χ1) is 7.74. The lowest BCUT2D eigenvalue weighted by Crippen LogP contribution is -2.05. The molecule has 1 rings (SSSR count). The Balaban J connectivity index is 2.34. The van der Waals surface area contributed by atoms with Crippen LogP contribution in [0.1, 0.15) is 17.3 Å². The zero-order chi connectivity index (χ0) is 11.8. The maximum absolute atomic E-state index is 11.5. The maximum Gasteiger partial charge on any atom is 0.338 e. The van der Waals surface area contributed by atoms with Crippen molar-refractivity contribution in [3.05, 3.63) is 48.0 Å². The molecule has 1 unspecified atom stereocenters. The zero-order valence-electron chi connectivity index (χ0n) is 9.30. The van der Waals surface area contributed by atoms with Gasteiger partial charge in [0.05, 0.1) is 5.56 Å². The summed E-state index contributed by atoms with van der Waals surface area (Å²) >= 11 is 0. The van der Waals surface area contributed by atoms with Crippen LogP contribution in [0.25, 0.3) is 0 Å². The summed E-state index contributed by atoms with van der Waals surface area (Å²) in [5, 5.41) is 8.76. The summed E-state index contributed by atoms with van der Waals surface area (Å²) in [5.74, 6) is -0.239. The van der Waals surface area contributed by atoms with E-state index in [0.717, 1.165) is 0 Å². The minimum atomic E-state index is -0.332. The fourth-order valence-corrected chi connectivity index (χ4v) is 1.13. The van der Waals surface area contributed by atoms with Crippen LogP contribution in [0.5, 0.6) is 0 Å². The van der Waals surface area contributed by atoms with Crippen molar-refractivity contribution in [1.29, 1.82) is 0 Å². The molecule has 1 aromatic carbocycles. The molecule has 3 nitrogen and oxygen atoms in total. The van der Waals surface area contributed by atoms with Gasteiger partial charge in [0.25, 0.3) is 0 Å². The van der Waals surface area contributed by atoms with E-state index < -0.39 is 0 Å². The Bertz CT molecular complexity index is 343. The van der Waals surface area contributed by atoms with E-state index in [-0.39, 0.29) is 25.1 Å². The summed E-state index contributed by atoms with van der Waals surface area (Å²) in [6.07, 6.45) is 3.56. The molecule has 0 aromatic heterocycles. The van der Waals surface area contributed by atoms with Crippen LogP contribution in [-0.4, -0.2) is 24.3 Å². The highest BCUT2D eigenvalue weighted by Gasteiger charge is 2.03. The van der Waals surface area contributed by atoms with E-state index in [9.17, 15) is 4.79 Å². The average Bonchev–Trinajstić information content (AvgIpc) is 2.35. The van der Waals surface area contributed by atoms with Gasteiger partial charge in [-0.1, -0.05) is 37.3 Å². The van der Waals surface area contributed by atoms with Gasteiger partial charge in [-0.05, 0) is 18.1 Å². The van der Waals surface area contributed by atoms with Gasteiger partial charge in [-0.2, -0.15) is 0 Å². The highest BCUT2D eigenvalue weighted by atomic mass is 16.5. The fraction of sp³-hybridized carbons (Fsp3) is 0.308. The van der Waals surface area contributed by atoms with Crippen LogP contribution in [0.2, 0.25) is 0 Å². The fourth-order valence-electron chi connectivity index (χ4n) is 1.13. The molecule has 0 aliphatic heterocycles. The average molecular weight is 220 g/mol. The Labute approximate surface area is 95.4 Å². The first-order valence-electron chi connectivity index (χ1n) is 5.23. The number of hydrogen-bond donors (Lipinski definition) is 1. The summed E-state index contributed by atoms with van der Waals surface area (Å²) in [7, 11) is 0. The van der Waals surface area contributed by atoms with E-state index in [0.29, 0.717) is 5.56 Å². The Morgan fingerprint density at radius 3 is 2.75 bits per heavy atom. The summed E-state index contributed by atoms with van der Waals surface area (Å²) < 4.78 is 5.02. The second-order valence-corrected chi connectivity index (χ2v) is 3.55. The van der Waals surface area contributed by atoms with E-state index >= 15 is 0 Å². The minimum absolute atomic E-state index is 0.0930. The number of carbonyl (C=O) groups is 1. The molecule has 1 N–H and O–H groups in total. The quantitative estimate of drug-likeness (QED) is 0.610. The number of aliphatic hydroxyl groups is 1. The number of rotatable bonds is 5. The second kappa shape index (κ2) is 6.80. The molecule has 16 heavy (non-hydrogen) atoms. The van der Waals surface area contributed by atoms with E-state index in [4.69, 9.17) is 9.84 Å². The van der Waals surface area contributed by atoms with Crippen molar-refractivity contribution in [3.8, 4) is 0 Å². The van der Waals surface area contributed by atoms with E-state index in [1.807, 2.05) is 19.1 Å². The summed E-state index contributed by atoms with van der Waals surface area (Å²) in [5.41, 5.74) is 0.547. The van der Waals surface area contributed by atoms with Crippen LogP contribution >= 0.6 is 0 Å². The number of esters is 1. The van der Waals surface area contributed by atoms with E-state index in [2.05, 4.69) is 0 Å². The Morgan fingerprint density at radius 2 is 2.12 bits per heavy atom. The normalized spacial score (nSPS) is 12.6. The Kier molecular flexibility index (Phi) is 5.29. The molecular formula is C13H16O3. The predicted molar refractivity (Wildman–Crippen MR) is 62.1 cm³/mol. The predicted octanol–water partition coefficient (Wildman–Crippen LogP) is 2.03. The summed E-state index contributed by atoms with van der Waals surface area (Å²) in [6, 6.07) is 8.85. The molecule has 1 atom stereocenters. The smallest absolute Gasteiger partial charge is 0.338 e. The lowest BCUT2D eigenvalue weighted by Gasteiger charge is -2.02. The van der Waals surface area contributed by atoms with E-state index in [1.165, 1.54) is 0 Å². The molecule has 0 saturated heterocycles. The molecule has 0 fully saturated rings. The van der Waals surface area contributed by atoms with Crippen molar-refractivity contribution in [3.63, 3.8) is 0 Å². The van der Waals surface area contributed by atoms with Gasteiger partial charge in [0.15, 0.2) is 0 Å². The van der Waals surface area contributed by atoms with Gasteiger partial charge in [0.1, 0.15) is 6.61 Å². The Hall–Kier alpha value is -1.61. The molecule has 0 bridgehead atoms. The molecule has 86 valence electrons. The number of aliphatic hydroxyl groups excluding tert-OH is 1. The minimum Gasteiger partial charge on any atom is -0.458 e. The zero-order valence-corrected chi connectivity index (χ0v) is 9.30. The number of ether oxygens (including phenoxy) is 1. The third-order valence-corrected chi connectivity index (χ3v) is 2.07.